The van der Waals surface area contributed by atoms with E-state index in [1.165, 1.54) is 14.2 Å². The van der Waals surface area contributed by atoms with Crippen molar-refractivity contribution in [2.75, 3.05) is 24.9 Å². The lowest BCUT2D eigenvalue weighted by Crippen LogP contribution is -2.32. The van der Waals surface area contributed by atoms with Crippen molar-refractivity contribution in [2.24, 2.45) is 0 Å². The van der Waals surface area contributed by atoms with Gasteiger partial charge in [-0.3, -0.25) is 9.59 Å². The summed E-state index contributed by atoms with van der Waals surface area (Å²) in [5.74, 6) is -3.84. The highest BCUT2D eigenvalue weighted by Gasteiger charge is 2.37. The van der Waals surface area contributed by atoms with Crippen molar-refractivity contribution >= 4 is 35.4 Å². The number of amides is 2. The Kier molecular flexibility index (Phi) is 9.36. The molecule has 0 bridgehead atoms. The van der Waals surface area contributed by atoms with E-state index in [2.05, 4.69) is 24.2 Å². The lowest BCUT2D eigenvalue weighted by Gasteiger charge is -2.15. The molecular formula is C22H16F6N4O7. The Balaban J connectivity index is 0.000000226. The first-order valence-electron chi connectivity index (χ1n) is 10.1. The second-order valence-electron chi connectivity index (χ2n) is 6.98. The lowest BCUT2D eigenvalue weighted by atomic mass is 10.2. The second kappa shape index (κ2) is 12.1. The van der Waals surface area contributed by atoms with Crippen LogP contribution in [0, 0.1) is 0 Å². The summed E-state index contributed by atoms with van der Waals surface area (Å²) >= 11 is 0. The standard InChI is InChI=1S/C11H7F3N2O3.C6H5F3N2.C5H4O4/c1-19-7-5-9(17)16(10(7)18)8-4-6(2-3-15-8)11(12,13)14;7-6(8,9)4-1-2-11-5(10)3-4;1-8-3-2-4(6)9-5(3)7/h2-5H,1H3;1-3H,(H2,10,11);2H,1H3. The zero-order valence-corrected chi connectivity index (χ0v) is 19.7. The summed E-state index contributed by atoms with van der Waals surface area (Å²) in [6.07, 6.45) is -5.12. The van der Waals surface area contributed by atoms with Gasteiger partial charge in [0.2, 0.25) is 5.76 Å². The van der Waals surface area contributed by atoms with Gasteiger partial charge in [-0.15, -0.1) is 0 Å². The number of anilines is 2. The average Bonchev–Trinajstić information content (AvgIpc) is 3.34. The van der Waals surface area contributed by atoms with Crippen molar-refractivity contribution in [1.29, 1.82) is 0 Å². The number of cyclic esters (lactones) is 2. The van der Waals surface area contributed by atoms with Crippen LogP contribution in [0.3, 0.4) is 0 Å². The summed E-state index contributed by atoms with van der Waals surface area (Å²) in [4.78, 5) is 51.4. The molecule has 0 unspecified atom stereocenters. The van der Waals surface area contributed by atoms with E-state index in [0.717, 1.165) is 42.7 Å². The maximum absolute atomic E-state index is 12.5. The molecule has 2 aromatic heterocycles. The normalized spacial score (nSPS) is 14.9. The molecule has 2 aliphatic heterocycles. The number of halogens is 6. The van der Waals surface area contributed by atoms with E-state index < -0.39 is 53.1 Å². The van der Waals surface area contributed by atoms with Crippen LogP contribution in [0.5, 0.6) is 0 Å². The van der Waals surface area contributed by atoms with Gasteiger partial charge in [0.1, 0.15) is 11.6 Å². The Morgan fingerprint density at radius 3 is 1.74 bits per heavy atom. The number of nitrogens with zero attached hydrogens (tertiary/aromatic N) is 3. The molecule has 4 rings (SSSR count). The van der Waals surface area contributed by atoms with Crippen LogP contribution in [0.4, 0.5) is 38.0 Å². The van der Waals surface area contributed by atoms with Gasteiger partial charge in [-0.25, -0.2) is 24.5 Å². The first-order valence-corrected chi connectivity index (χ1v) is 10.1. The van der Waals surface area contributed by atoms with Gasteiger partial charge in [0.25, 0.3) is 5.91 Å². The summed E-state index contributed by atoms with van der Waals surface area (Å²) in [6, 6.07) is 3.04. The summed E-state index contributed by atoms with van der Waals surface area (Å²) in [6.45, 7) is 0. The van der Waals surface area contributed by atoms with Crippen molar-refractivity contribution in [3.63, 3.8) is 0 Å². The fourth-order valence-corrected chi connectivity index (χ4v) is 2.63. The maximum Gasteiger partial charge on any atom is 0.416 e. The molecule has 0 aromatic carbocycles. The van der Waals surface area contributed by atoms with E-state index in [1.807, 2.05) is 0 Å². The van der Waals surface area contributed by atoms with Gasteiger partial charge in [0, 0.05) is 12.4 Å². The van der Waals surface area contributed by atoms with Gasteiger partial charge in [0.15, 0.2) is 5.76 Å². The highest BCUT2D eigenvalue weighted by Crippen LogP contribution is 2.32. The number of methoxy groups -OCH3 is 2. The monoisotopic (exact) mass is 562 g/mol. The van der Waals surface area contributed by atoms with Crippen LogP contribution in [0.2, 0.25) is 0 Å². The van der Waals surface area contributed by atoms with Crippen molar-refractivity contribution in [3.05, 3.63) is 71.5 Å². The fourth-order valence-electron chi connectivity index (χ4n) is 2.63. The van der Waals surface area contributed by atoms with Crippen LogP contribution in [-0.4, -0.2) is 47.9 Å². The molecule has 208 valence electrons. The Hall–Kier alpha value is -4.96. The highest BCUT2D eigenvalue weighted by atomic mass is 19.4. The van der Waals surface area contributed by atoms with E-state index in [4.69, 9.17) is 5.73 Å². The third-order valence-electron chi connectivity index (χ3n) is 4.38. The van der Waals surface area contributed by atoms with Crippen molar-refractivity contribution in [3.8, 4) is 0 Å². The van der Waals surface area contributed by atoms with Gasteiger partial charge >= 0.3 is 30.2 Å². The number of ether oxygens (including phenoxy) is 3. The smallest absolute Gasteiger partial charge is 0.416 e. The molecule has 2 amide bonds. The number of nitrogen functional groups attached to an aromatic ring is 1. The van der Waals surface area contributed by atoms with E-state index >= 15 is 0 Å². The lowest BCUT2D eigenvalue weighted by molar-refractivity contribution is -0.152. The SMILES string of the molecule is COC1=CC(=O)N(c2cc(C(F)(F)F)ccn2)C1=O.COC1=CC(=O)OC1=O.Nc1cc(C(F)(F)F)ccn1. The predicted octanol–water partition coefficient (Wildman–Crippen LogP) is 2.79. The van der Waals surface area contributed by atoms with Gasteiger partial charge in [-0.05, 0) is 24.3 Å². The summed E-state index contributed by atoms with van der Waals surface area (Å²) in [5, 5.41) is 0. The van der Waals surface area contributed by atoms with Crippen LogP contribution in [0.15, 0.2) is 60.3 Å². The Labute approximate surface area is 214 Å². The van der Waals surface area contributed by atoms with E-state index in [1.54, 1.807) is 0 Å². The molecule has 17 heteroatoms. The minimum absolute atomic E-state index is 0.0417. The van der Waals surface area contributed by atoms with Crippen molar-refractivity contribution in [2.45, 2.75) is 12.4 Å². The number of carbonyl (C=O) groups is 4. The van der Waals surface area contributed by atoms with Gasteiger partial charge in [-0.1, -0.05) is 0 Å². The zero-order chi connectivity index (χ0) is 29.5. The number of aromatic nitrogens is 2. The predicted molar refractivity (Wildman–Crippen MR) is 117 cm³/mol. The van der Waals surface area contributed by atoms with E-state index in [9.17, 15) is 45.5 Å². The molecule has 39 heavy (non-hydrogen) atoms. The third-order valence-corrected chi connectivity index (χ3v) is 4.38. The zero-order valence-electron chi connectivity index (χ0n) is 19.7. The van der Waals surface area contributed by atoms with Crippen LogP contribution in [0.1, 0.15) is 11.1 Å². The molecule has 0 atom stereocenters. The maximum atomic E-state index is 12.5. The molecule has 2 aliphatic rings. The second-order valence-corrected chi connectivity index (χ2v) is 6.98. The highest BCUT2D eigenvalue weighted by molar-refractivity contribution is 6.29. The fraction of sp³-hybridized carbons (Fsp3) is 0.182. The van der Waals surface area contributed by atoms with Gasteiger partial charge in [-0.2, -0.15) is 26.3 Å². The van der Waals surface area contributed by atoms with Crippen LogP contribution < -0.4 is 10.6 Å². The van der Waals surface area contributed by atoms with Crippen LogP contribution in [0.25, 0.3) is 0 Å². The summed E-state index contributed by atoms with van der Waals surface area (Å²) < 4.78 is 86.4. The molecule has 11 nitrogen and oxygen atoms in total. The number of hydrogen-bond donors (Lipinski definition) is 1. The Morgan fingerprint density at radius 2 is 1.36 bits per heavy atom. The third kappa shape index (κ3) is 8.01. The van der Waals surface area contributed by atoms with E-state index in [-0.39, 0.29) is 17.3 Å². The topological polar surface area (TPSA) is 151 Å². The Morgan fingerprint density at radius 1 is 0.821 bits per heavy atom. The van der Waals surface area contributed by atoms with E-state index in [0.29, 0.717) is 11.0 Å². The van der Waals surface area contributed by atoms with Gasteiger partial charge in [0.05, 0.1) is 37.5 Å². The first kappa shape index (κ1) is 30.3. The van der Waals surface area contributed by atoms with Crippen LogP contribution >= 0.6 is 0 Å². The summed E-state index contributed by atoms with van der Waals surface area (Å²) in [7, 11) is 2.48. The molecule has 0 saturated carbocycles. The number of rotatable bonds is 3. The van der Waals surface area contributed by atoms with Crippen molar-refractivity contribution in [1.82, 2.24) is 9.97 Å². The number of nitrogens with two attached hydrogens (primary N) is 1. The molecule has 0 fully saturated rings. The first-order chi connectivity index (χ1) is 18.1. The average molecular weight is 562 g/mol. The quantitative estimate of drug-likeness (QED) is 0.256. The molecule has 0 aliphatic carbocycles. The molecule has 0 spiro atoms. The molecule has 2 N–H and O–H groups in total. The Bertz CT molecular complexity index is 1340. The minimum Gasteiger partial charge on any atom is -0.491 e. The number of alkyl halides is 6. The largest absolute Gasteiger partial charge is 0.491 e. The number of pyridine rings is 2. The van der Waals surface area contributed by atoms with Crippen molar-refractivity contribution < 1.29 is 59.7 Å². The number of imide groups is 1. The molecular weight excluding hydrogens is 546 g/mol. The molecule has 4 heterocycles. The number of hydrogen-bond acceptors (Lipinski definition) is 10. The molecule has 0 saturated heterocycles. The van der Waals surface area contributed by atoms with Crippen LogP contribution in [-0.2, 0) is 45.7 Å². The minimum atomic E-state index is -4.58. The number of esters is 2. The summed E-state index contributed by atoms with van der Waals surface area (Å²) in [5.41, 5.74) is 3.27. The van der Waals surface area contributed by atoms with Gasteiger partial charge < -0.3 is 19.9 Å². The number of carbonyl (C=O) groups excluding carboxylic acids is 4. The molecule has 2 aromatic rings. The molecule has 0 radical (unpaired) electrons.